The van der Waals surface area contributed by atoms with E-state index in [-0.39, 0.29) is 17.1 Å². The fraction of sp³-hybridized carbons (Fsp3) is 0.304. The van der Waals surface area contributed by atoms with Crippen LogP contribution >= 0.6 is 0 Å². The van der Waals surface area contributed by atoms with Crippen LogP contribution in [0.5, 0.6) is 0 Å². The van der Waals surface area contributed by atoms with Crippen LogP contribution in [-0.2, 0) is 6.18 Å². The Bertz CT molecular complexity index is 1140. The highest BCUT2D eigenvalue weighted by molar-refractivity contribution is 5.99. The van der Waals surface area contributed by atoms with Crippen molar-refractivity contribution in [3.8, 4) is 11.3 Å². The molecule has 0 aromatic carbocycles. The SMILES string of the molecule is C=C/C(NC(=O)c1nc(-c2cnc(N)nc2C(F)(F)F)ccc1N)=C(\C=C/C)N1CCCCC1. The maximum atomic E-state index is 13.5. The molecule has 5 N–H and O–H groups in total. The van der Waals surface area contributed by atoms with Crippen molar-refractivity contribution in [2.24, 2.45) is 0 Å². The number of likely N-dealkylation sites (tertiary alicyclic amines) is 1. The van der Waals surface area contributed by atoms with E-state index in [2.05, 4.69) is 31.7 Å². The van der Waals surface area contributed by atoms with E-state index in [0.717, 1.165) is 44.2 Å². The highest BCUT2D eigenvalue weighted by atomic mass is 19.4. The van der Waals surface area contributed by atoms with Crippen LogP contribution in [0.3, 0.4) is 0 Å². The number of nitrogens with one attached hydrogen (secondary N) is 1. The van der Waals surface area contributed by atoms with Crippen LogP contribution in [0.25, 0.3) is 11.3 Å². The number of halogens is 3. The predicted octanol–water partition coefficient (Wildman–Crippen LogP) is 3.91. The summed E-state index contributed by atoms with van der Waals surface area (Å²) in [7, 11) is 0. The Labute approximate surface area is 195 Å². The number of amides is 1. The summed E-state index contributed by atoms with van der Waals surface area (Å²) < 4.78 is 40.5. The number of rotatable bonds is 6. The van der Waals surface area contributed by atoms with Gasteiger partial charge in [-0.2, -0.15) is 13.2 Å². The van der Waals surface area contributed by atoms with Crippen molar-refractivity contribution in [3.05, 3.63) is 65.9 Å². The Morgan fingerprint density at radius 3 is 2.50 bits per heavy atom. The third kappa shape index (κ3) is 5.53. The molecule has 3 heterocycles. The van der Waals surface area contributed by atoms with Gasteiger partial charge in [-0.25, -0.2) is 15.0 Å². The van der Waals surface area contributed by atoms with Gasteiger partial charge in [0.2, 0.25) is 5.95 Å². The molecule has 11 heteroatoms. The third-order valence-corrected chi connectivity index (χ3v) is 5.24. The molecule has 0 bridgehead atoms. The Morgan fingerprint density at radius 1 is 1.18 bits per heavy atom. The maximum Gasteiger partial charge on any atom is 0.434 e. The van der Waals surface area contributed by atoms with E-state index >= 15 is 0 Å². The van der Waals surface area contributed by atoms with Gasteiger partial charge in [0.25, 0.3) is 5.91 Å². The number of alkyl halides is 3. The highest BCUT2D eigenvalue weighted by Gasteiger charge is 2.37. The zero-order chi connectivity index (χ0) is 24.9. The van der Waals surface area contributed by atoms with Gasteiger partial charge in [0.05, 0.1) is 22.8 Å². The largest absolute Gasteiger partial charge is 0.434 e. The van der Waals surface area contributed by atoms with E-state index in [9.17, 15) is 18.0 Å². The number of allylic oxidation sites excluding steroid dienone is 3. The molecule has 34 heavy (non-hydrogen) atoms. The number of hydrogen-bond donors (Lipinski definition) is 3. The second-order valence-corrected chi connectivity index (χ2v) is 7.63. The standard InChI is InChI=1S/C23H26F3N7O/c1-3-8-18(33-11-6-5-7-12-33)16(4-2)31-21(34)19-15(27)9-10-17(30-19)14-13-29-22(28)32-20(14)23(24,25)26/h3-4,8-10,13H,2,5-7,11-12,27H2,1H3,(H,31,34)(H2,28,29,32)/b8-3-,18-16-. The van der Waals surface area contributed by atoms with Crippen molar-refractivity contribution in [3.63, 3.8) is 0 Å². The first kappa shape index (κ1) is 24.7. The summed E-state index contributed by atoms with van der Waals surface area (Å²) in [6, 6.07) is 2.57. The number of aromatic nitrogens is 3. The molecule has 1 aliphatic heterocycles. The monoisotopic (exact) mass is 473 g/mol. The highest BCUT2D eigenvalue weighted by Crippen LogP contribution is 2.35. The Hall–Kier alpha value is -3.89. The molecule has 0 spiro atoms. The second-order valence-electron chi connectivity index (χ2n) is 7.63. The van der Waals surface area contributed by atoms with Crippen molar-refractivity contribution in [1.82, 2.24) is 25.2 Å². The maximum absolute atomic E-state index is 13.5. The van der Waals surface area contributed by atoms with Gasteiger partial charge in [-0.15, -0.1) is 0 Å². The minimum absolute atomic E-state index is 0.000130. The first-order chi connectivity index (χ1) is 16.2. The van der Waals surface area contributed by atoms with Gasteiger partial charge in [-0.1, -0.05) is 12.7 Å². The Kier molecular flexibility index (Phi) is 7.54. The molecule has 0 atom stereocenters. The molecular weight excluding hydrogens is 447 g/mol. The second kappa shape index (κ2) is 10.4. The van der Waals surface area contributed by atoms with Gasteiger partial charge in [0, 0.05) is 24.8 Å². The fourth-order valence-corrected chi connectivity index (χ4v) is 3.66. The van der Waals surface area contributed by atoms with Crippen LogP contribution in [0, 0.1) is 0 Å². The topological polar surface area (TPSA) is 123 Å². The number of hydrogen-bond acceptors (Lipinski definition) is 7. The molecule has 1 aliphatic rings. The van der Waals surface area contributed by atoms with E-state index in [4.69, 9.17) is 11.5 Å². The van der Waals surface area contributed by atoms with E-state index in [1.165, 1.54) is 18.2 Å². The molecule has 0 radical (unpaired) electrons. The van der Waals surface area contributed by atoms with Crippen molar-refractivity contribution >= 4 is 17.5 Å². The lowest BCUT2D eigenvalue weighted by molar-refractivity contribution is -0.140. The quantitative estimate of drug-likeness (QED) is 0.544. The fourth-order valence-electron chi connectivity index (χ4n) is 3.66. The smallest absolute Gasteiger partial charge is 0.397 e. The third-order valence-electron chi connectivity index (χ3n) is 5.24. The normalized spacial score (nSPS) is 15.2. The zero-order valence-corrected chi connectivity index (χ0v) is 18.7. The predicted molar refractivity (Wildman–Crippen MR) is 124 cm³/mol. The van der Waals surface area contributed by atoms with Crippen LogP contribution in [0.15, 0.2) is 54.5 Å². The number of nitrogens with two attached hydrogens (primary N) is 2. The summed E-state index contributed by atoms with van der Waals surface area (Å²) in [6.45, 7) is 7.33. The lowest BCUT2D eigenvalue weighted by Crippen LogP contribution is -2.33. The molecule has 1 saturated heterocycles. The zero-order valence-electron chi connectivity index (χ0n) is 18.7. The number of carbonyl (C=O) groups excluding carboxylic acids is 1. The van der Waals surface area contributed by atoms with Crippen LogP contribution in [0.4, 0.5) is 24.8 Å². The number of anilines is 2. The molecule has 8 nitrogen and oxygen atoms in total. The summed E-state index contributed by atoms with van der Waals surface area (Å²) in [5.74, 6) is -1.21. The molecule has 1 fully saturated rings. The van der Waals surface area contributed by atoms with E-state index in [0.29, 0.717) is 5.70 Å². The van der Waals surface area contributed by atoms with Gasteiger partial charge < -0.3 is 21.7 Å². The molecule has 2 aromatic heterocycles. The number of nitrogen functional groups attached to an aromatic ring is 2. The van der Waals surface area contributed by atoms with E-state index < -0.39 is 29.3 Å². The number of piperidine rings is 1. The minimum Gasteiger partial charge on any atom is -0.397 e. The molecule has 3 rings (SSSR count). The lowest BCUT2D eigenvalue weighted by Gasteiger charge is -2.31. The van der Waals surface area contributed by atoms with Gasteiger partial charge in [-0.05, 0) is 50.5 Å². The van der Waals surface area contributed by atoms with Crippen molar-refractivity contribution < 1.29 is 18.0 Å². The molecule has 0 saturated carbocycles. The molecule has 180 valence electrons. The van der Waals surface area contributed by atoms with Crippen LogP contribution in [0.1, 0.15) is 42.4 Å². The first-order valence-electron chi connectivity index (χ1n) is 10.7. The van der Waals surface area contributed by atoms with E-state index in [1.807, 2.05) is 19.1 Å². The summed E-state index contributed by atoms with van der Waals surface area (Å²) in [6.07, 6.45) is 4.55. The molecular formula is C23H26F3N7O. The lowest BCUT2D eigenvalue weighted by atomic mass is 10.1. The van der Waals surface area contributed by atoms with E-state index in [1.54, 1.807) is 0 Å². The van der Waals surface area contributed by atoms with Crippen molar-refractivity contribution in [1.29, 1.82) is 0 Å². The summed E-state index contributed by atoms with van der Waals surface area (Å²) in [5.41, 5.74) is 10.4. The van der Waals surface area contributed by atoms with Crippen LogP contribution in [0.2, 0.25) is 0 Å². The Morgan fingerprint density at radius 2 is 1.88 bits per heavy atom. The number of nitrogens with zero attached hydrogens (tertiary/aromatic N) is 4. The van der Waals surface area contributed by atoms with Gasteiger partial charge in [-0.3, -0.25) is 4.79 Å². The molecule has 2 aromatic rings. The van der Waals surface area contributed by atoms with Gasteiger partial charge >= 0.3 is 6.18 Å². The summed E-state index contributed by atoms with van der Waals surface area (Å²) >= 11 is 0. The molecule has 0 aliphatic carbocycles. The minimum atomic E-state index is -4.80. The average molecular weight is 474 g/mol. The van der Waals surface area contributed by atoms with Crippen LogP contribution in [-0.4, -0.2) is 38.8 Å². The molecule has 1 amide bonds. The first-order valence-corrected chi connectivity index (χ1v) is 10.7. The summed E-state index contributed by atoms with van der Waals surface area (Å²) in [4.78, 5) is 26.3. The van der Waals surface area contributed by atoms with Crippen LogP contribution < -0.4 is 16.8 Å². The van der Waals surface area contributed by atoms with Gasteiger partial charge in [0.15, 0.2) is 11.4 Å². The average Bonchev–Trinajstić information content (AvgIpc) is 2.81. The van der Waals surface area contributed by atoms with Crippen molar-refractivity contribution in [2.45, 2.75) is 32.4 Å². The summed E-state index contributed by atoms with van der Waals surface area (Å²) in [5, 5.41) is 2.75. The van der Waals surface area contributed by atoms with Gasteiger partial charge in [0.1, 0.15) is 0 Å². The molecule has 0 unspecified atom stereocenters. The van der Waals surface area contributed by atoms with Crippen molar-refractivity contribution in [2.75, 3.05) is 24.6 Å². The Balaban J connectivity index is 2.00. The number of carbonyl (C=O) groups is 1. The number of pyridine rings is 1.